The molecule has 1 amide bonds. The maximum atomic E-state index is 12.9. The van der Waals surface area contributed by atoms with E-state index >= 15 is 0 Å². The van der Waals surface area contributed by atoms with Crippen LogP contribution in [0.1, 0.15) is 33.5 Å². The van der Waals surface area contributed by atoms with Gasteiger partial charge in [-0.25, -0.2) is 8.42 Å². The van der Waals surface area contributed by atoms with Crippen molar-refractivity contribution in [2.45, 2.75) is 30.3 Å². The SMILES string of the molecule is O=C(c1ccc2c(c1)CCC2)N1CCN(S(=O)(=O)c2cccc(C(F)(F)F)c2)CC1. The Hall–Kier alpha value is -2.39. The molecular weight excluding hydrogens is 417 g/mol. The summed E-state index contributed by atoms with van der Waals surface area (Å²) in [5.74, 6) is -0.152. The summed E-state index contributed by atoms with van der Waals surface area (Å²) in [7, 11) is -4.07. The molecule has 30 heavy (non-hydrogen) atoms. The van der Waals surface area contributed by atoms with Crippen molar-refractivity contribution < 1.29 is 26.4 Å². The van der Waals surface area contributed by atoms with E-state index in [9.17, 15) is 26.4 Å². The number of piperazine rings is 1. The average molecular weight is 438 g/mol. The van der Waals surface area contributed by atoms with E-state index in [1.807, 2.05) is 12.1 Å². The molecule has 1 aliphatic carbocycles. The first-order valence-electron chi connectivity index (χ1n) is 9.75. The van der Waals surface area contributed by atoms with E-state index < -0.39 is 26.7 Å². The van der Waals surface area contributed by atoms with Gasteiger partial charge in [-0.15, -0.1) is 0 Å². The van der Waals surface area contributed by atoms with Crippen LogP contribution < -0.4 is 0 Å². The number of sulfonamides is 1. The number of aryl methyl sites for hydroxylation is 2. The highest BCUT2D eigenvalue weighted by molar-refractivity contribution is 7.89. The van der Waals surface area contributed by atoms with Crippen molar-refractivity contribution in [3.63, 3.8) is 0 Å². The Balaban J connectivity index is 1.46. The van der Waals surface area contributed by atoms with Gasteiger partial charge in [0, 0.05) is 31.7 Å². The van der Waals surface area contributed by atoms with Crippen LogP contribution in [0.3, 0.4) is 0 Å². The van der Waals surface area contributed by atoms with Gasteiger partial charge < -0.3 is 4.90 Å². The second-order valence-electron chi connectivity index (χ2n) is 7.56. The van der Waals surface area contributed by atoms with Crippen LogP contribution in [0, 0.1) is 0 Å². The minimum absolute atomic E-state index is 0.0370. The second-order valence-corrected chi connectivity index (χ2v) is 9.50. The van der Waals surface area contributed by atoms with Crippen molar-refractivity contribution in [2.24, 2.45) is 0 Å². The molecule has 1 fully saturated rings. The molecule has 0 atom stereocenters. The van der Waals surface area contributed by atoms with Crippen molar-refractivity contribution in [1.82, 2.24) is 9.21 Å². The van der Waals surface area contributed by atoms with Gasteiger partial charge in [0.2, 0.25) is 10.0 Å². The zero-order chi connectivity index (χ0) is 21.5. The summed E-state index contributed by atoms with van der Waals surface area (Å²) in [5.41, 5.74) is 2.04. The van der Waals surface area contributed by atoms with Crippen LogP contribution in [0.25, 0.3) is 0 Å². The number of carbonyl (C=O) groups is 1. The van der Waals surface area contributed by atoms with Gasteiger partial charge in [-0.2, -0.15) is 17.5 Å². The van der Waals surface area contributed by atoms with Gasteiger partial charge in [-0.05, 0) is 60.7 Å². The van der Waals surface area contributed by atoms with Crippen molar-refractivity contribution >= 4 is 15.9 Å². The third kappa shape index (κ3) is 3.96. The lowest BCUT2D eigenvalue weighted by Gasteiger charge is -2.34. The highest BCUT2D eigenvalue weighted by Gasteiger charge is 2.34. The Morgan fingerprint density at radius 1 is 0.900 bits per heavy atom. The lowest BCUT2D eigenvalue weighted by Crippen LogP contribution is -2.50. The Morgan fingerprint density at radius 3 is 2.30 bits per heavy atom. The van der Waals surface area contributed by atoms with Gasteiger partial charge in [0.05, 0.1) is 10.5 Å². The molecule has 0 bridgehead atoms. The van der Waals surface area contributed by atoms with Crippen LogP contribution >= 0.6 is 0 Å². The number of carbonyl (C=O) groups excluding carboxylic acids is 1. The van der Waals surface area contributed by atoms with Crippen molar-refractivity contribution in [1.29, 1.82) is 0 Å². The van der Waals surface area contributed by atoms with E-state index in [0.29, 0.717) is 11.6 Å². The smallest absolute Gasteiger partial charge is 0.336 e. The van der Waals surface area contributed by atoms with E-state index in [-0.39, 0.29) is 32.1 Å². The standard InChI is InChI=1S/C21H21F3N2O3S/c22-21(23,24)18-5-2-6-19(14-18)30(28,29)26-11-9-25(10-12-26)20(27)17-8-7-15-3-1-4-16(15)13-17/h2,5-8,13-14H,1,3-4,9-12H2. The summed E-state index contributed by atoms with van der Waals surface area (Å²) >= 11 is 0. The molecule has 0 unspecified atom stereocenters. The molecule has 0 spiro atoms. The molecule has 4 rings (SSSR count). The van der Waals surface area contributed by atoms with Crippen LogP contribution in [-0.4, -0.2) is 49.7 Å². The van der Waals surface area contributed by atoms with Crippen molar-refractivity contribution in [3.8, 4) is 0 Å². The van der Waals surface area contributed by atoms with E-state index in [4.69, 9.17) is 0 Å². The normalized spacial score (nSPS) is 17.8. The first-order valence-corrected chi connectivity index (χ1v) is 11.2. The van der Waals surface area contributed by atoms with E-state index in [2.05, 4.69) is 0 Å². The van der Waals surface area contributed by atoms with E-state index in [0.717, 1.165) is 41.8 Å². The van der Waals surface area contributed by atoms with Crippen LogP contribution in [-0.2, 0) is 29.0 Å². The van der Waals surface area contributed by atoms with Crippen LogP contribution in [0.2, 0.25) is 0 Å². The highest BCUT2D eigenvalue weighted by atomic mass is 32.2. The van der Waals surface area contributed by atoms with Gasteiger partial charge >= 0.3 is 6.18 Å². The molecule has 1 heterocycles. The summed E-state index contributed by atoms with van der Waals surface area (Å²) in [6, 6.07) is 9.43. The molecule has 1 aliphatic heterocycles. The van der Waals surface area contributed by atoms with Gasteiger partial charge in [0.1, 0.15) is 0 Å². The fourth-order valence-corrected chi connectivity index (χ4v) is 5.47. The maximum Gasteiger partial charge on any atom is 0.416 e. The zero-order valence-corrected chi connectivity index (χ0v) is 17.0. The molecule has 2 aliphatic rings. The fraction of sp³-hybridized carbons (Fsp3) is 0.381. The number of hydrogen-bond acceptors (Lipinski definition) is 3. The summed E-state index contributed by atoms with van der Waals surface area (Å²) in [6.07, 6.45) is -1.55. The second kappa shape index (κ2) is 7.70. The third-order valence-corrected chi connectivity index (χ3v) is 7.57. The largest absolute Gasteiger partial charge is 0.416 e. The number of hydrogen-bond donors (Lipinski definition) is 0. The number of amides is 1. The van der Waals surface area contributed by atoms with Gasteiger partial charge in [-0.1, -0.05) is 12.1 Å². The molecule has 2 aromatic rings. The minimum atomic E-state index is -4.62. The quantitative estimate of drug-likeness (QED) is 0.739. The molecule has 9 heteroatoms. The lowest BCUT2D eigenvalue weighted by atomic mass is 10.1. The topological polar surface area (TPSA) is 57.7 Å². The Bertz CT molecular complexity index is 1080. The van der Waals surface area contributed by atoms with Crippen LogP contribution in [0.15, 0.2) is 47.4 Å². The fourth-order valence-electron chi connectivity index (χ4n) is 4.00. The Kier molecular flexibility index (Phi) is 5.36. The molecular formula is C21H21F3N2O3S. The maximum absolute atomic E-state index is 12.9. The van der Waals surface area contributed by atoms with E-state index in [1.54, 1.807) is 11.0 Å². The minimum Gasteiger partial charge on any atom is -0.336 e. The van der Waals surface area contributed by atoms with Crippen molar-refractivity contribution in [3.05, 3.63) is 64.7 Å². The first kappa shape index (κ1) is 20.9. The lowest BCUT2D eigenvalue weighted by molar-refractivity contribution is -0.137. The number of halogens is 3. The number of nitrogens with zero attached hydrogens (tertiary/aromatic N) is 2. The summed E-state index contributed by atoms with van der Waals surface area (Å²) in [4.78, 5) is 14.0. The predicted molar refractivity (Wildman–Crippen MR) is 105 cm³/mol. The molecule has 0 aromatic heterocycles. The molecule has 5 nitrogen and oxygen atoms in total. The third-order valence-electron chi connectivity index (χ3n) is 5.67. The monoisotopic (exact) mass is 438 g/mol. The summed E-state index contributed by atoms with van der Waals surface area (Å²) in [5, 5.41) is 0. The molecule has 2 aromatic carbocycles. The van der Waals surface area contributed by atoms with Gasteiger partial charge in [0.15, 0.2) is 0 Å². The van der Waals surface area contributed by atoms with E-state index in [1.165, 1.54) is 11.1 Å². The average Bonchev–Trinajstić information content (AvgIpc) is 3.20. The molecule has 0 radical (unpaired) electrons. The Labute approximate surface area is 173 Å². The first-order chi connectivity index (χ1) is 14.2. The number of fused-ring (bicyclic) bond motifs is 1. The molecule has 160 valence electrons. The van der Waals surface area contributed by atoms with Crippen LogP contribution in [0.5, 0.6) is 0 Å². The van der Waals surface area contributed by atoms with Crippen LogP contribution in [0.4, 0.5) is 13.2 Å². The molecule has 0 N–H and O–H groups in total. The zero-order valence-electron chi connectivity index (χ0n) is 16.2. The summed E-state index contributed by atoms with van der Waals surface area (Å²) in [6.45, 7) is 0.451. The number of rotatable bonds is 3. The number of alkyl halides is 3. The van der Waals surface area contributed by atoms with Crippen molar-refractivity contribution in [2.75, 3.05) is 26.2 Å². The van der Waals surface area contributed by atoms with Gasteiger partial charge in [-0.3, -0.25) is 4.79 Å². The molecule has 1 saturated heterocycles. The number of benzene rings is 2. The Morgan fingerprint density at radius 2 is 1.60 bits per heavy atom. The summed E-state index contributed by atoms with van der Waals surface area (Å²) < 4.78 is 65.5. The predicted octanol–water partition coefficient (Wildman–Crippen LogP) is 3.34. The molecule has 0 saturated carbocycles. The van der Waals surface area contributed by atoms with Gasteiger partial charge in [0.25, 0.3) is 5.91 Å². The highest BCUT2D eigenvalue weighted by Crippen LogP contribution is 2.31.